The van der Waals surface area contributed by atoms with Gasteiger partial charge < -0.3 is 10.1 Å². The molecule has 100 valence electrons. The van der Waals surface area contributed by atoms with Crippen molar-refractivity contribution in [2.45, 2.75) is 26.4 Å². The number of benzene rings is 1. The minimum atomic E-state index is -0.520. The largest absolute Gasteiger partial charge is 0.456 e. The average Bonchev–Trinajstić information content (AvgIpc) is 2.80. The van der Waals surface area contributed by atoms with E-state index in [-0.39, 0.29) is 5.97 Å². The van der Waals surface area contributed by atoms with Gasteiger partial charge in [0.2, 0.25) is 0 Å². The predicted octanol–water partition coefficient (Wildman–Crippen LogP) is 1.90. The number of rotatable bonds is 3. The second-order valence-electron chi connectivity index (χ2n) is 4.94. The first-order chi connectivity index (χ1) is 8.94. The van der Waals surface area contributed by atoms with Gasteiger partial charge in [-0.2, -0.15) is 5.21 Å². The fourth-order valence-corrected chi connectivity index (χ4v) is 1.40. The minimum Gasteiger partial charge on any atom is -0.456 e. The Labute approximate surface area is 110 Å². The van der Waals surface area contributed by atoms with Gasteiger partial charge in [-0.1, -0.05) is 11.2 Å². The van der Waals surface area contributed by atoms with Crippen molar-refractivity contribution in [2.75, 3.05) is 5.32 Å². The lowest BCUT2D eigenvalue weighted by Crippen LogP contribution is -2.23. The molecular formula is C12H15N5O2. The zero-order valence-corrected chi connectivity index (χ0v) is 11.0. The molecule has 0 aliphatic heterocycles. The molecule has 0 aliphatic rings. The molecule has 2 rings (SSSR count). The van der Waals surface area contributed by atoms with Gasteiger partial charge in [0.1, 0.15) is 5.60 Å². The second-order valence-corrected chi connectivity index (χ2v) is 4.94. The van der Waals surface area contributed by atoms with E-state index in [0.717, 1.165) is 0 Å². The Kier molecular flexibility index (Phi) is 3.46. The lowest BCUT2D eigenvalue weighted by molar-refractivity contribution is 0.00696. The number of carbonyl (C=O) groups excluding carboxylic acids is 1. The highest BCUT2D eigenvalue weighted by molar-refractivity contribution is 5.90. The van der Waals surface area contributed by atoms with Crippen molar-refractivity contribution in [1.82, 2.24) is 20.6 Å². The quantitative estimate of drug-likeness (QED) is 0.820. The van der Waals surface area contributed by atoms with E-state index < -0.39 is 5.60 Å². The molecule has 0 radical (unpaired) electrons. The van der Waals surface area contributed by atoms with E-state index >= 15 is 0 Å². The van der Waals surface area contributed by atoms with Crippen LogP contribution >= 0.6 is 0 Å². The predicted molar refractivity (Wildman–Crippen MR) is 69.1 cm³/mol. The van der Waals surface area contributed by atoms with Crippen LogP contribution in [0.3, 0.4) is 0 Å². The van der Waals surface area contributed by atoms with Crippen molar-refractivity contribution in [3.63, 3.8) is 0 Å². The molecule has 0 unspecified atom stereocenters. The number of H-pyrrole nitrogens is 1. The standard InChI is InChI=1S/C12H15N5O2/c1-12(2,3)19-10(18)8-5-4-6-9(7-8)13-11-14-16-17-15-11/h4-7H,1-3H3,(H2,13,14,15,16,17). The number of hydrogen-bond acceptors (Lipinski definition) is 6. The molecule has 0 saturated heterocycles. The third-order valence-electron chi connectivity index (χ3n) is 2.10. The van der Waals surface area contributed by atoms with Crippen LogP contribution in [-0.2, 0) is 4.74 Å². The number of carbonyl (C=O) groups is 1. The molecule has 1 aromatic heterocycles. The highest BCUT2D eigenvalue weighted by atomic mass is 16.6. The van der Waals surface area contributed by atoms with Gasteiger partial charge in [0.25, 0.3) is 5.95 Å². The lowest BCUT2D eigenvalue weighted by atomic mass is 10.1. The zero-order valence-electron chi connectivity index (χ0n) is 11.0. The fraction of sp³-hybridized carbons (Fsp3) is 0.333. The molecule has 7 heteroatoms. The molecule has 19 heavy (non-hydrogen) atoms. The molecule has 0 saturated carbocycles. The van der Waals surface area contributed by atoms with Gasteiger partial charge in [0.05, 0.1) is 5.56 Å². The number of anilines is 2. The van der Waals surface area contributed by atoms with E-state index in [1.54, 1.807) is 24.3 Å². The van der Waals surface area contributed by atoms with Crippen LogP contribution in [-0.4, -0.2) is 32.2 Å². The summed E-state index contributed by atoms with van der Waals surface area (Å²) in [5.74, 6) is -0.0365. The van der Waals surface area contributed by atoms with Crippen molar-refractivity contribution < 1.29 is 9.53 Å². The van der Waals surface area contributed by atoms with E-state index in [4.69, 9.17) is 4.74 Å². The highest BCUT2D eigenvalue weighted by Gasteiger charge is 2.18. The smallest absolute Gasteiger partial charge is 0.338 e. The number of tetrazole rings is 1. The third kappa shape index (κ3) is 3.77. The number of nitrogens with zero attached hydrogens (tertiary/aromatic N) is 3. The van der Waals surface area contributed by atoms with Crippen LogP contribution in [0.2, 0.25) is 0 Å². The molecule has 0 bridgehead atoms. The van der Waals surface area contributed by atoms with Crippen LogP contribution < -0.4 is 5.32 Å². The Morgan fingerprint density at radius 2 is 2.16 bits per heavy atom. The maximum atomic E-state index is 11.9. The van der Waals surface area contributed by atoms with Gasteiger partial charge in [0.15, 0.2) is 0 Å². The summed E-state index contributed by atoms with van der Waals surface area (Å²) < 4.78 is 5.30. The van der Waals surface area contributed by atoms with Crippen molar-refractivity contribution in [3.05, 3.63) is 29.8 Å². The van der Waals surface area contributed by atoms with Gasteiger partial charge in [-0.3, -0.25) is 0 Å². The van der Waals surface area contributed by atoms with E-state index in [0.29, 0.717) is 17.2 Å². The van der Waals surface area contributed by atoms with Gasteiger partial charge in [-0.15, -0.1) is 5.10 Å². The SMILES string of the molecule is CC(C)(C)OC(=O)c1cccc(Nc2nn[nH]n2)c1. The minimum absolute atomic E-state index is 0.335. The summed E-state index contributed by atoms with van der Waals surface area (Å²) in [5.41, 5.74) is 0.627. The summed E-state index contributed by atoms with van der Waals surface area (Å²) in [5, 5.41) is 16.2. The summed E-state index contributed by atoms with van der Waals surface area (Å²) >= 11 is 0. The first kappa shape index (κ1) is 13.0. The number of ether oxygens (including phenoxy) is 1. The second kappa shape index (κ2) is 5.05. The van der Waals surface area contributed by atoms with Crippen molar-refractivity contribution in [1.29, 1.82) is 0 Å². The Hall–Kier alpha value is -2.44. The number of esters is 1. The first-order valence-corrected chi connectivity index (χ1v) is 5.78. The van der Waals surface area contributed by atoms with Gasteiger partial charge >= 0.3 is 5.97 Å². The van der Waals surface area contributed by atoms with Gasteiger partial charge in [-0.05, 0) is 44.2 Å². The molecule has 0 atom stereocenters. The van der Waals surface area contributed by atoms with Crippen LogP contribution in [0.25, 0.3) is 0 Å². The van der Waals surface area contributed by atoms with Crippen LogP contribution in [0.15, 0.2) is 24.3 Å². The van der Waals surface area contributed by atoms with Crippen molar-refractivity contribution in [2.24, 2.45) is 0 Å². The molecule has 2 aromatic rings. The number of aromatic amines is 1. The Morgan fingerprint density at radius 1 is 1.37 bits per heavy atom. The van der Waals surface area contributed by atoms with Gasteiger partial charge in [-0.25, -0.2) is 4.79 Å². The van der Waals surface area contributed by atoms with E-state index in [1.165, 1.54) is 0 Å². The summed E-state index contributed by atoms with van der Waals surface area (Å²) in [4.78, 5) is 11.9. The topological polar surface area (TPSA) is 92.8 Å². The molecule has 0 fully saturated rings. The van der Waals surface area contributed by atoms with Crippen LogP contribution in [0, 0.1) is 0 Å². The first-order valence-electron chi connectivity index (χ1n) is 5.78. The molecule has 2 N–H and O–H groups in total. The van der Waals surface area contributed by atoms with Gasteiger partial charge in [0, 0.05) is 5.69 Å². The number of aromatic nitrogens is 4. The number of nitrogens with one attached hydrogen (secondary N) is 2. The van der Waals surface area contributed by atoms with Crippen LogP contribution in [0.5, 0.6) is 0 Å². The van der Waals surface area contributed by atoms with E-state index in [9.17, 15) is 4.79 Å². The van der Waals surface area contributed by atoms with E-state index in [2.05, 4.69) is 25.9 Å². The van der Waals surface area contributed by atoms with E-state index in [1.807, 2.05) is 20.8 Å². The summed E-state index contributed by atoms with van der Waals surface area (Å²) in [6.45, 7) is 5.48. The Balaban J connectivity index is 2.13. The van der Waals surface area contributed by atoms with Crippen molar-refractivity contribution >= 4 is 17.6 Å². The number of hydrogen-bond donors (Lipinski definition) is 2. The Bertz CT molecular complexity index is 560. The Morgan fingerprint density at radius 3 is 2.79 bits per heavy atom. The molecule has 0 amide bonds. The maximum Gasteiger partial charge on any atom is 0.338 e. The van der Waals surface area contributed by atoms with Crippen LogP contribution in [0.4, 0.5) is 11.6 Å². The zero-order chi connectivity index (χ0) is 13.9. The maximum absolute atomic E-state index is 11.9. The lowest BCUT2D eigenvalue weighted by Gasteiger charge is -2.19. The molecule has 7 nitrogen and oxygen atoms in total. The average molecular weight is 261 g/mol. The highest BCUT2D eigenvalue weighted by Crippen LogP contribution is 2.17. The molecular weight excluding hydrogens is 246 g/mol. The van der Waals surface area contributed by atoms with Crippen LogP contribution in [0.1, 0.15) is 31.1 Å². The summed E-state index contributed by atoms with van der Waals surface area (Å²) in [7, 11) is 0. The summed E-state index contributed by atoms with van der Waals surface area (Å²) in [6, 6.07) is 6.91. The summed E-state index contributed by atoms with van der Waals surface area (Å²) in [6.07, 6.45) is 0. The molecule has 1 heterocycles. The normalized spacial score (nSPS) is 11.1. The monoisotopic (exact) mass is 261 g/mol. The van der Waals surface area contributed by atoms with Crippen molar-refractivity contribution in [3.8, 4) is 0 Å². The third-order valence-corrected chi connectivity index (χ3v) is 2.10. The molecule has 0 aliphatic carbocycles. The molecule has 1 aromatic carbocycles. The molecule has 0 spiro atoms. The fourth-order valence-electron chi connectivity index (χ4n) is 1.40.